The average molecular weight is 382 g/mol. The largest absolute Gasteiger partial charge is 0.455 e. The summed E-state index contributed by atoms with van der Waals surface area (Å²) >= 11 is 0. The van der Waals surface area contributed by atoms with Gasteiger partial charge in [-0.15, -0.1) is 0 Å². The number of esters is 1. The van der Waals surface area contributed by atoms with Crippen molar-refractivity contribution in [3.63, 3.8) is 0 Å². The summed E-state index contributed by atoms with van der Waals surface area (Å²) in [5.41, 5.74) is 1.57. The fraction of sp³-hybridized carbons (Fsp3) is 0.318. The molecule has 2 N–H and O–H groups in total. The van der Waals surface area contributed by atoms with Gasteiger partial charge < -0.3 is 15.4 Å². The van der Waals surface area contributed by atoms with Crippen LogP contribution in [0.15, 0.2) is 60.7 Å². The van der Waals surface area contributed by atoms with Crippen LogP contribution in [0.4, 0.5) is 0 Å². The molecule has 6 heteroatoms. The van der Waals surface area contributed by atoms with Crippen molar-refractivity contribution in [2.24, 2.45) is 0 Å². The Bertz CT molecular complexity index is 738. The van der Waals surface area contributed by atoms with Crippen molar-refractivity contribution in [1.82, 2.24) is 10.6 Å². The number of hydrogen-bond acceptors (Lipinski definition) is 4. The first kappa shape index (κ1) is 21.2. The van der Waals surface area contributed by atoms with Crippen molar-refractivity contribution in [1.29, 1.82) is 0 Å². The predicted molar refractivity (Wildman–Crippen MR) is 107 cm³/mol. The van der Waals surface area contributed by atoms with Crippen molar-refractivity contribution in [2.45, 2.75) is 32.2 Å². The van der Waals surface area contributed by atoms with E-state index in [9.17, 15) is 14.4 Å². The van der Waals surface area contributed by atoms with Crippen LogP contribution in [0, 0.1) is 0 Å². The number of hydrogen-bond donors (Lipinski definition) is 2. The fourth-order valence-electron chi connectivity index (χ4n) is 2.73. The highest BCUT2D eigenvalue weighted by atomic mass is 16.5. The normalized spacial score (nSPS) is 11.5. The van der Waals surface area contributed by atoms with Gasteiger partial charge in [0.25, 0.3) is 5.91 Å². The number of benzene rings is 2. The summed E-state index contributed by atoms with van der Waals surface area (Å²) in [5, 5.41) is 5.24. The third-order valence-electron chi connectivity index (χ3n) is 4.17. The molecule has 2 aromatic carbocycles. The molecule has 0 spiro atoms. The molecule has 2 rings (SSSR count). The quantitative estimate of drug-likeness (QED) is 0.652. The number of ether oxygens (including phenoxy) is 1. The zero-order valence-electron chi connectivity index (χ0n) is 16.2. The second-order valence-electron chi connectivity index (χ2n) is 6.44. The molecule has 0 aliphatic carbocycles. The van der Waals surface area contributed by atoms with E-state index in [2.05, 4.69) is 10.6 Å². The van der Waals surface area contributed by atoms with Crippen molar-refractivity contribution >= 4 is 17.8 Å². The zero-order chi connectivity index (χ0) is 20.4. The first-order chi connectivity index (χ1) is 13.5. The fourth-order valence-corrected chi connectivity index (χ4v) is 2.73. The van der Waals surface area contributed by atoms with E-state index in [0.29, 0.717) is 6.54 Å². The Morgan fingerprint density at radius 1 is 0.929 bits per heavy atom. The van der Waals surface area contributed by atoms with Crippen molar-refractivity contribution in [3.8, 4) is 0 Å². The monoisotopic (exact) mass is 382 g/mol. The maximum Gasteiger partial charge on any atom is 0.318 e. The highest BCUT2D eigenvalue weighted by molar-refractivity contribution is 5.89. The molecule has 1 atom stereocenters. The Labute approximate surface area is 165 Å². The highest BCUT2D eigenvalue weighted by Crippen LogP contribution is 2.25. The number of carbonyl (C=O) groups is 3. The molecule has 0 unspecified atom stereocenters. The Kier molecular flexibility index (Phi) is 8.21. The lowest BCUT2D eigenvalue weighted by Gasteiger charge is -2.18. The topological polar surface area (TPSA) is 84.5 Å². The summed E-state index contributed by atoms with van der Waals surface area (Å²) in [6, 6.07) is 17.8. The minimum atomic E-state index is -0.697. The molecule has 2 amide bonds. The van der Waals surface area contributed by atoms with Crippen LogP contribution in [0.3, 0.4) is 0 Å². The van der Waals surface area contributed by atoms with Gasteiger partial charge in [0.2, 0.25) is 5.91 Å². The molecule has 148 valence electrons. The molecule has 0 saturated carbocycles. The number of carbonyl (C=O) groups excluding carboxylic acids is 3. The lowest BCUT2D eigenvalue weighted by molar-refractivity contribution is -0.149. The summed E-state index contributed by atoms with van der Waals surface area (Å²) in [6.07, 6.45) is 0.810. The zero-order valence-corrected chi connectivity index (χ0v) is 16.2. The Morgan fingerprint density at radius 3 is 1.96 bits per heavy atom. The van der Waals surface area contributed by atoms with E-state index >= 15 is 0 Å². The Hall–Kier alpha value is -3.15. The summed E-state index contributed by atoms with van der Waals surface area (Å²) < 4.78 is 5.25. The molecule has 0 fully saturated rings. The Morgan fingerprint density at radius 2 is 1.46 bits per heavy atom. The van der Waals surface area contributed by atoms with Gasteiger partial charge in [0.1, 0.15) is 12.0 Å². The van der Waals surface area contributed by atoms with Crippen LogP contribution in [0.2, 0.25) is 0 Å². The summed E-state index contributed by atoms with van der Waals surface area (Å²) in [7, 11) is 0. The second-order valence-corrected chi connectivity index (χ2v) is 6.44. The van der Waals surface area contributed by atoms with E-state index in [1.165, 1.54) is 0 Å². The maximum atomic E-state index is 12.7. The van der Waals surface area contributed by atoms with E-state index in [1.54, 1.807) is 6.92 Å². The molecule has 0 radical (unpaired) electrons. The van der Waals surface area contributed by atoms with Crippen molar-refractivity contribution in [3.05, 3.63) is 71.8 Å². The maximum absolute atomic E-state index is 12.7. The number of amides is 2. The SMILES string of the molecule is CCCNC(=O)[C@@H](C)NC(=O)COC(=O)C(c1ccccc1)c1ccccc1. The lowest BCUT2D eigenvalue weighted by Crippen LogP contribution is -2.46. The first-order valence-corrected chi connectivity index (χ1v) is 9.36. The molecule has 0 bridgehead atoms. The van der Waals surface area contributed by atoms with Crippen LogP contribution in [-0.4, -0.2) is 37.0 Å². The van der Waals surface area contributed by atoms with Gasteiger partial charge in [-0.2, -0.15) is 0 Å². The molecule has 0 heterocycles. The van der Waals surface area contributed by atoms with Crippen LogP contribution in [0.1, 0.15) is 37.3 Å². The van der Waals surface area contributed by atoms with E-state index in [0.717, 1.165) is 17.5 Å². The van der Waals surface area contributed by atoms with Gasteiger partial charge in [-0.05, 0) is 24.5 Å². The minimum Gasteiger partial charge on any atom is -0.455 e. The third kappa shape index (κ3) is 6.23. The summed E-state index contributed by atoms with van der Waals surface area (Å²) in [6.45, 7) is 3.63. The lowest BCUT2D eigenvalue weighted by atomic mass is 9.91. The number of nitrogens with one attached hydrogen (secondary N) is 2. The number of rotatable bonds is 9. The molecule has 28 heavy (non-hydrogen) atoms. The molecular weight excluding hydrogens is 356 g/mol. The van der Waals surface area contributed by atoms with Gasteiger partial charge in [-0.25, -0.2) is 0 Å². The highest BCUT2D eigenvalue weighted by Gasteiger charge is 2.25. The van der Waals surface area contributed by atoms with Gasteiger partial charge in [0.15, 0.2) is 6.61 Å². The van der Waals surface area contributed by atoms with Crippen LogP contribution >= 0.6 is 0 Å². The van der Waals surface area contributed by atoms with Gasteiger partial charge in [0.05, 0.1) is 0 Å². The minimum absolute atomic E-state index is 0.270. The van der Waals surface area contributed by atoms with Gasteiger partial charge >= 0.3 is 5.97 Å². The molecule has 6 nitrogen and oxygen atoms in total. The van der Waals surface area contributed by atoms with E-state index in [4.69, 9.17) is 4.74 Å². The molecular formula is C22H26N2O4. The summed E-state index contributed by atoms with van der Waals surface area (Å²) in [5.74, 6) is -1.93. The Balaban J connectivity index is 1.98. The average Bonchev–Trinajstić information content (AvgIpc) is 2.72. The third-order valence-corrected chi connectivity index (χ3v) is 4.17. The standard InChI is InChI=1S/C22H26N2O4/c1-3-14-23-21(26)16(2)24-19(25)15-28-22(27)20(17-10-6-4-7-11-17)18-12-8-5-9-13-18/h4-13,16,20H,3,14-15H2,1-2H3,(H,23,26)(H,24,25)/t16-/m1/s1. The van der Waals surface area contributed by atoms with Crippen LogP contribution in [0.5, 0.6) is 0 Å². The molecule has 0 aromatic heterocycles. The predicted octanol–water partition coefficient (Wildman–Crippen LogP) is 2.39. The molecule has 0 saturated heterocycles. The van der Waals surface area contributed by atoms with E-state index in [1.807, 2.05) is 67.6 Å². The molecule has 0 aliphatic rings. The summed E-state index contributed by atoms with van der Waals surface area (Å²) in [4.78, 5) is 36.6. The second kappa shape index (κ2) is 10.9. The smallest absolute Gasteiger partial charge is 0.318 e. The van der Waals surface area contributed by atoms with Crippen molar-refractivity contribution < 1.29 is 19.1 Å². The van der Waals surface area contributed by atoms with Crippen molar-refractivity contribution in [2.75, 3.05) is 13.2 Å². The molecule has 0 aliphatic heterocycles. The van der Waals surface area contributed by atoms with Gasteiger partial charge in [-0.3, -0.25) is 14.4 Å². The first-order valence-electron chi connectivity index (χ1n) is 9.36. The molecule has 2 aromatic rings. The van der Waals surface area contributed by atoms with E-state index in [-0.39, 0.29) is 5.91 Å². The van der Waals surface area contributed by atoms with Crippen LogP contribution < -0.4 is 10.6 Å². The van der Waals surface area contributed by atoms with Gasteiger partial charge in [0, 0.05) is 6.54 Å². The van der Waals surface area contributed by atoms with Crippen LogP contribution in [0.25, 0.3) is 0 Å². The van der Waals surface area contributed by atoms with Crippen LogP contribution in [-0.2, 0) is 19.1 Å². The van der Waals surface area contributed by atoms with E-state index < -0.39 is 30.4 Å². The van der Waals surface area contributed by atoms with Gasteiger partial charge in [-0.1, -0.05) is 67.6 Å².